The molecule has 2 aliphatic rings. The number of hydrazine groups is 1. The lowest BCUT2D eigenvalue weighted by Gasteiger charge is -2.37. The maximum absolute atomic E-state index is 9.75. The van der Waals surface area contributed by atoms with Gasteiger partial charge >= 0.3 is 0 Å². The van der Waals surface area contributed by atoms with Crippen LogP contribution >= 0.6 is 0 Å². The summed E-state index contributed by atoms with van der Waals surface area (Å²) in [6, 6.07) is 14.3. The molecule has 29 heavy (non-hydrogen) atoms. The van der Waals surface area contributed by atoms with E-state index < -0.39 is 0 Å². The first-order valence-corrected chi connectivity index (χ1v) is 9.39. The second kappa shape index (κ2) is 6.71. The van der Waals surface area contributed by atoms with Gasteiger partial charge in [-0.15, -0.1) is 0 Å². The molecule has 0 spiro atoms. The molecule has 0 bridgehead atoms. The summed E-state index contributed by atoms with van der Waals surface area (Å²) < 4.78 is 1.99. The summed E-state index contributed by atoms with van der Waals surface area (Å²) in [6.07, 6.45) is 10.7. The minimum Gasteiger partial charge on any atom is -0.311 e. The molecule has 0 saturated carbocycles. The van der Waals surface area contributed by atoms with Gasteiger partial charge in [0.25, 0.3) is 0 Å². The average Bonchev–Trinajstić information content (AvgIpc) is 3.36. The molecule has 0 fully saturated rings. The predicted molar refractivity (Wildman–Crippen MR) is 111 cm³/mol. The minimum absolute atomic E-state index is 0.120. The molecule has 2 aliphatic heterocycles. The summed E-state index contributed by atoms with van der Waals surface area (Å²) in [5.74, 6) is 0.803. The van der Waals surface area contributed by atoms with Crippen molar-refractivity contribution in [2.45, 2.75) is 19.1 Å². The van der Waals surface area contributed by atoms with Crippen molar-refractivity contribution in [3.8, 4) is 17.3 Å². The fourth-order valence-corrected chi connectivity index (χ4v) is 4.07. The number of nitriles is 1. The summed E-state index contributed by atoms with van der Waals surface area (Å²) in [5, 5.41) is 13.8. The van der Waals surface area contributed by atoms with Gasteiger partial charge in [0.05, 0.1) is 41.5 Å². The zero-order valence-electron chi connectivity index (χ0n) is 15.8. The van der Waals surface area contributed by atoms with Crippen molar-refractivity contribution in [3.63, 3.8) is 0 Å². The zero-order chi connectivity index (χ0) is 20.0. The lowest BCUT2D eigenvalue weighted by atomic mass is 9.97. The molecule has 2 atom stereocenters. The zero-order valence-corrected chi connectivity index (χ0v) is 15.8. The standard InChI is InChI=1S/C22H19N7/c1-15(29-20(24)11-21-26-8-5-9-28(21)29)18-10-17(12-23)19-13-25-14-27(19)22(18)16-6-3-2-4-7-16/h2-11,13-15,20H,24H2,1H3. The van der Waals surface area contributed by atoms with Gasteiger partial charge in [-0.05, 0) is 36.3 Å². The van der Waals surface area contributed by atoms with Gasteiger partial charge in [0, 0.05) is 12.4 Å². The Balaban J connectivity index is 1.71. The summed E-state index contributed by atoms with van der Waals surface area (Å²) >= 11 is 0. The molecule has 0 amide bonds. The van der Waals surface area contributed by atoms with Crippen LogP contribution in [-0.2, 0) is 0 Å². The van der Waals surface area contributed by atoms with Crippen LogP contribution in [0.15, 0.2) is 78.1 Å². The molecule has 2 N–H and O–H groups in total. The molecular formula is C22H19N7. The molecule has 2 unspecified atom stereocenters. The number of imidazole rings is 1. The smallest absolute Gasteiger partial charge is 0.146 e. The van der Waals surface area contributed by atoms with Crippen LogP contribution in [0.4, 0.5) is 0 Å². The molecule has 1 aromatic carbocycles. The van der Waals surface area contributed by atoms with Gasteiger partial charge in [0.2, 0.25) is 0 Å². The molecule has 7 heteroatoms. The Morgan fingerprint density at radius 1 is 1.24 bits per heavy atom. The number of hydrogen-bond acceptors (Lipinski definition) is 6. The molecule has 0 saturated heterocycles. The highest BCUT2D eigenvalue weighted by atomic mass is 15.7. The van der Waals surface area contributed by atoms with Crippen LogP contribution in [0.25, 0.3) is 16.8 Å². The van der Waals surface area contributed by atoms with E-state index in [9.17, 15) is 5.26 Å². The maximum atomic E-state index is 9.75. The second-order valence-electron chi connectivity index (χ2n) is 7.02. The maximum Gasteiger partial charge on any atom is 0.146 e. The molecule has 5 rings (SSSR count). The lowest BCUT2D eigenvalue weighted by molar-refractivity contribution is 0.00913. The largest absolute Gasteiger partial charge is 0.311 e. The fourth-order valence-electron chi connectivity index (χ4n) is 4.07. The van der Waals surface area contributed by atoms with Crippen molar-refractivity contribution in [3.05, 3.63) is 84.2 Å². The third kappa shape index (κ3) is 2.66. The van der Waals surface area contributed by atoms with E-state index in [1.165, 1.54) is 0 Å². The number of aliphatic imine (C=N–C) groups is 1. The van der Waals surface area contributed by atoms with Crippen LogP contribution in [0.1, 0.15) is 24.1 Å². The van der Waals surface area contributed by atoms with Crippen molar-refractivity contribution < 1.29 is 0 Å². The minimum atomic E-state index is -0.326. The SMILES string of the molecule is CC(c1cc(C#N)c2cncn2c1-c1ccccc1)N1C(N)C=C2N=CC=CN21. The number of rotatable bonds is 3. The van der Waals surface area contributed by atoms with Crippen molar-refractivity contribution in [2.24, 2.45) is 10.7 Å². The van der Waals surface area contributed by atoms with Crippen LogP contribution in [0.2, 0.25) is 0 Å². The molecule has 142 valence electrons. The van der Waals surface area contributed by atoms with Crippen LogP contribution in [0.3, 0.4) is 0 Å². The Kier molecular flexibility index (Phi) is 4.02. The highest BCUT2D eigenvalue weighted by Gasteiger charge is 2.35. The molecule has 0 radical (unpaired) electrons. The van der Waals surface area contributed by atoms with Crippen molar-refractivity contribution in [2.75, 3.05) is 0 Å². The van der Waals surface area contributed by atoms with E-state index in [-0.39, 0.29) is 12.2 Å². The number of fused-ring (bicyclic) bond motifs is 2. The average molecular weight is 381 g/mol. The number of allylic oxidation sites excluding steroid dienone is 1. The van der Waals surface area contributed by atoms with Crippen molar-refractivity contribution >= 4 is 11.7 Å². The van der Waals surface area contributed by atoms with Crippen molar-refractivity contribution in [1.82, 2.24) is 19.4 Å². The van der Waals surface area contributed by atoms with Gasteiger partial charge < -0.3 is 5.73 Å². The molecule has 2 aromatic heterocycles. The Morgan fingerprint density at radius 3 is 2.86 bits per heavy atom. The quantitative estimate of drug-likeness (QED) is 0.753. The van der Waals surface area contributed by atoms with Crippen LogP contribution < -0.4 is 5.73 Å². The van der Waals surface area contributed by atoms with Crippen LogP contribution in [0.5, 0.6) is 0 Å². The van der Waals surface area contributed by atoms with E-state index in [4.69, 9.17) is 5.73 Å². The summed E-state index contributed by atoms with van der Waals surface area (Å²) in [6.45, 7) is 2.09. The van der Waals surface area contributed by atoms with E-state index in [1.54, 1.807) is 18.7 Å². The van der Waals surface area contributed by atoms with Gasteiger partial charge in [-0.2, -0.15) is 10.3 Å². The summed E-state index contributed by atoms with van der Waals surface area (Å²) in [5.41, 5.74) is 10.8. The fraction of sp³-hybridized carbons (Fsp3) is 0.136. The Hall–Kier alpha value is -3.73. The Bertz CT molecular complexity index is 1210. The first kappa shape index (κ1) is 17.4. The number of nitrogens with two attached hydrogens (primary N) is 1. The number of nitrogens with zero attached hydrogens (tertiary/aromatic N) is 6. The molecule has 0 aliphatic carbocycles. The second-order valence-corrected chi connectivity index (χ2v) is 7.02. The first-order chi connectivity index (χ1) is 14.2. The monoisotopic (exact) mass is 381 g/mol. The van der Waals surface area contributed by atoms with E-state index >= 15 is 0 Å². The third-order valence-corrected chi connectivity index (χ3v) is 5.37. The van der Waals surface area contributed by atoms with Gasteiger partial charge in [0.15, 0.2) is 0 Å². The number of benzene rings is 1. The molecule has 3 aromatic rings. The topological polar surface area (TPSA) is 86.0 Å². The normalized spacial score (nSPS) is 19.3. The highest BCUT2D eigenvalue weighted by Crippen LogP contribution is 2.38. The van der Waals surface area contributed by atoms with Gasteiger partial charge in [-0.3, -0.25) is 9.41 Å². The lowest BCUT2D eigenvalue weighted by Crippen LogP contribution is -2.45. The first-order valence-electron chi connectivity index (χ1n) is 9.39. The molecule has 7 nitrogen and oxygen atoms in total. The Morgan fingerprint density at radius 2 is 2.07 bits per heavy atom. The van der Waals surface area contributed by atoms with Crippen LogP contribution in [-0.4, -0.2) is 31.8 Å². The summed E-state index contributed by atoms with van der Waals surface area (Å²) in [4.78, 5) is 8.71. The van der Waals surface area contributed by atoms with E-state index in [0.29, 0.717) is 5.56 Å². The van der Waals surface area contributed by atoms with Gasteiger partial charge in [0.1, 0.15) is 11.9 Å². The van der Waals surface area contributed by atoms with Gasteiger partial charge in [-0.1, -0.05) is 30.3 Å². The predicted octanol–water partition coefficient (Wildman–Crippen LogP) is 3.19. The Labute approximate surface area is 168 Å². The molecule has 4 heterocycles. The van der Waals surface area contributed by atoms with Gasteiger partial charge in [-0.25, -0.2) is 9.98 Å². The highest BCUT2D eigenvalue weighted by molar-refractivity contribution is 5.74. The third-order valence-electron chi connectivity index (χ3n) is 5.37. The van der Waals surface area contributed by atoms with Crippen molar-refractivity contribution in [1.29, 1.82) is 5.26 Å². The number of pyridine rings is 1. The molecular weight excluding hydrogens is 362 g/mol. The number of hydrogen-bond donors (Lipinski definition) is 1. The number of aromatic nitrogens is 2. The van der Waals surface area contributed by atoms with E-state index in [2.05, 4.69) is 40.1 Å². The van der Waals surface area contributed by atoms with Crippen LogP contribution in [0, 0.1) is 11.3 Å². The van der Waals surface area contributed by atoms with E-state index in [0.717, 1.165) is 28.2 Å². The van der Waals surface area contributed by atoms with E-state index in [1.807, 2.05) is 52.0 Å². The summed E-state index contributed by atoms with van der Waals surface area (Å²) in [7, 11) is 0.